The number of carbonyl (C=O) groups excluding carboxylic acids is 1. The minimum atomic E-state index is -0.495. The quantitative estimate of drug-likeness (QED) is 0.498. The highest BCUT2D eigenvalue weighted by Gasteiger charge is 2.17. The van der Waals surface area contributed by atoms with E-state index in [1.807, 2.05) is 6.07 Å². The van der Waals surface area contributed by atoms with Gasteiger partial charge in [0.25, 0.3) is 0 Å². The molecule has 0 heterocycles. The zero-order chi connectivity index (χ0) is 11.7. The van der Waals surface area contributed by atoms with Crippen LogP contribution in [0.25, 0.3) is 0 Å². The number of hydrogen-bond acceptors (Lipinski definition) is 2. The summed E-state index contributed by atoms with van der Waals surface area (Å²) in [5, 5.41) is 7.99. The zero-order valence-electron chi connectivity index (χ0n) is 9.50. The van der Waals surface area contributed by atoms with E-state index in [0.717, 1.165) is 19.3 Å². The van der Waals surface area contributed by atoms with E-state index in [-0.39, 0.29) is 5.91 Å². The van der Waals surface area contributed by atoms with Crippen molar-refractivity contribution in [2.75, 3.05) is 13.1 Å². The molecule has 15 heavy (non-hydrogen) atoms. The largest absolute Gasteiger partial charge is 0.340 e. The van der Waals surface area contributed by atoms with Gasteiger partial charge in [-0.3, -0.25) is 4.79 Å². The third-order valence-corrected chi connectivity index (χ3v) is 2.36. The summed E-state index contributed by atoms with van der Waals surface area (Å²) in [6.45, 7) is 5.00. The number of carbonyl (C=O) groups is 1. The summed E-state index contributed by atoms with van der Waals surface area (Å²) in [7, 11) is 0. The molecule has 0 fully saturated rings. The summed E-state index contributed by atoms with van der Waals surface area (Å²) in [6.07, 6.45) is 3.59. The predicted molar refractivity (Wildman–Crippen MR) is 61.7 cm³/mol. The van der Waals surface area contributed by atoms with Crippen molar-refractivity contribution in [2.45, 2.75) is 44.9 Å². The highest BCUT2D eigenvalue weighted by Crippen LogP contribution is 2.05. The van der Waals surface area contributed by atoms with Gasteiger partial charge in [0.15, 0.2) is 0 Å². The van der Waals surface area contributed by atoms with Crippen molar-refractivity contribution in [1.29, 1.82) is 5.26 Å². The molecule has 0 spiro atoms. The topological polar surface area (TPSA) is 44.1 Å². The molecule has 0 aromatic rings. The van der Waals surface area contributed by atoms with Gasteiger partial charge in [-0.15, -0.1) is 11.6 Å². The van der Waals surface area contributed by atoms with Crippen LogP contribution in [-0.2, 0) is 4.79 Å². The van der Waals surface area contributed by atoms with Gasteiger partial charge >= 0.3 is 0 Å². The summed E-state index contributed by atoms with van der Waals surface area (Å²) >= 11 is 5.74. The Kier molecular flexibility index (Phi) is 8.12. The highest BCUT2D eigenvalue weighted by molar-refractivity contribution is 6.30. The lowest BCUT2D eigenvalue weighted by atomic mass is 10.2. The smallest absolute Gasteiger partial charge is 0.240 e. The van der Waals surface area contributed by atoms with Crippen molar-refractivity contribution in [2.24, 2.45) is 0 Å². The van der Waals surface area contributed by atoms with Crippen LogP contribution >= 0.6 is 11.6 Å². The standard InChI is InChI=1S/C11H19ClN2O/c1-3-4-5-8-14(9-6-7-13)11(15)10(2)12/h10H,3-6,8-9H2,1-2H3. The second-order valence-corrected chi connectivity index (χ2v) is 4.21. The molecule has 0 aliphatic rings. The number of amides is 1. The van der Waals surface area contributed by atoms with Gasteiger partial charge in [0.1, 0.15) is 5.38 Å². The Balaban J connectivity index is 4.06. The fourth-order valence-corrected chi connectivity index (χ4v) is 1.46. The predicted octanol–water partition coefficient (Wildman–Crippen LogP) is 2.55. The molecule has 0 N–H and O–H groups in total. The van der Waals surface area contributed by atoms with Crippen molar-refractivity contribution in [3.8, 4) is 6.07 Å². The second kappa shape index (κ2) is 8.55. The molecule has 1 amide bonds. The van der Waals surface area contributed by atoms with E-state index in [4.69, 9.17) is 16.9 Å². The fourth-order valence-electron chi connectivity index (χ4n) is 1.32. The summed E-state index contributed by atoms with van der Waals surface area (Å²) in [6, 6.07) is 2.05. The molecule has 1 atom stereocenters. The number of rotatable bonds is 7. The van der Waals surface area contributed by atoms with E-state index in [2.05, 4.69) is 6.92 Å². The van der Waals surface area contributed by atoms with Crippen LogP contribution in [0.1, 0.15) is 39.5 Å². The minimum absolute atomic E-state index is 0.0666. The van der Waals surface area contributed by atoms with Gasteiger partial charge < -0.3 is 4.90 Å². The van der Waals surface area contributed by atoms with Gasteiger partial charge in [0.2, 0.25) is 5.91 Å². The Labute approximate surface area is 97.0 Å². The van der Waals surface area contributed by atoms with Crippen LogP contribution in [-0.4, -0.2) is 29.3 Å². The average molecular weight is 231 g/mol. The van der Waals surface area contributed by atoms with Gasteiger partial charge in [-0.2, -0.15) is 5.26 Å². The van der Waals surface area contributed by atoms with Gasteiger partial charge in [0.05, 0.1) is 12.5 Å². The first kappa shape index (κ1) is 14.2. The van der Waals surface area contributed by atoms with Crippen LogP contribution in [0.3, 0.4) is 0 Å². The molecule has 0 aromatic heterocycles. The highest BCUT2D eigenvalue weighted by atomic mass is 35.5. The molecular formula is C11H19ClN2O. The van der Waals surface area contributed by atoms with Crippen molar-refractivity contribution in [3.63, 3.8) is 0 Å². The lowest BCUT2D eigenvalue weighted by molar-refractivity contribution is -0.130. The number of alkyl halides is 1. The Morgan fingerprint density at radius 2 is 2.13 bits per heavy atom. The van der Waals surface area contributed by atoms with Crippen molar-refractivity contribution in [1.82, 2.24) is 4.90 Å². The molecule has 0 aliphatic carbocycles. The molecular weight excluding hydrogens is 212 g/mol. The molecule has 0 saturated carbocycles. The molecule has 0 rings (SSSR count). The van der Waals surface area contributed by atoms with Crippen molar-refractivity contribution in [3.05, 3.63) is 0 Å². The molecule has 0 radical (unpaired) electrons. The second-order valence-electron chi connectivity index (χ2n) is 3.56. The molecule has 0 saturated heterocycles. The van der Waals surface area contributed by atoms with Gasteiger partial charge in [-0.1, -0.05) is 19.8 Å². The van der Waals surface area contributed by atoms with Gasteiger partial charge in [-0.25, -0.2) is 0 Å². The third kappa shape index (κ3) is 6.35. The van der Waals surface area contributed by atoms with Crippen LogP contribution < -0.4 is 0 Å². The van der Waals surface area contributed by atoms with Crippen LogP contribution in [0.2, 0.25) is 0 Å². The van der Waals surface area contributed by atoms with Crippen LogP contribution in [0.15, 0.2) is 0 Å². The average Bonchev–Trinajstić information content (AvgIpc) is 2.22. The van der Waals surface area contributed by atoms with Crippen molar-refractivity contribution >= 4 is 17.5 Å². The van der Waals surface area contributed by atoms with Crippen LogP contribution in [0, 0.1) is 11.3 Å². The van der Waals surface area contributed by atoms with Gasteiger partial charge in [0, 0.05) is 13.1 Å². The maximum Gasteiger partial charge on any atom is 0.240 e. The number of halogens is 1. The van der Waals surface area contributed by atoms with E-state index < -0.39 is 5.38 Å². The van der Waals surface area contributed by atoms with Crippen LogP contribution in [0.4, 0.5) is 0 Å². The molecule has 0 aromatic carbocycles. The summed E-state index contributed by atoms with van der Waals surface area (Å²) in [4.78, 5) is 13.3. The first-order chi connectivity index (χ1) is 7.13. The molecule has 1 unspecified atom stereocenters. The lowest BCUT2D eigenvalue weighted by Crippen LogP contribution is -2.37. The molecule has 0 aliphatic heterocycles. The molecule has 3 nitrogen and oxygen atoms in total. The Morgan fingerprint density at radius 1 is 1.47 bits per heavy atom. The minimum Gasteiger partial charge on any atom is -0.340 e. The fraction of sp³-hybridized carbons (Fsp3) is 0.818. The normalized spacial score (nSPS) is 11.9. The number of nitriles is 1. The first-order valence-electron chi connectivity index (χ1n) is 5.43. The van der Waals surface area contributed by atoms with E-state index >= 15 is 0 Å². The first-order valence-corrected chi connectivity index (χ1v) is 5.87. The maximum atomic E-state index is 11.6. The number of hydrogen-bond donors (Lipinski definition) is 0. The van der Waals surface area contributed by atoms with Gasteiger partial charge in [-0.05, 0) is 13.3 Å². The summed E-state index contributed by atoms with van der Waals surface area (Å²) in [5.41, 5.74) is 0. The zero-order valence-corrected chi connectivity index (χ0v) is 10.3. The monoisotopic (exact) mass is 230 g/mol. The molecule has 0 bridgehead atoms. The Hall–Kier alpha value is -0.750. The maximum absolute atomic E-state index is 11.6. The lowest BCUT2D eigenvalue weighted by Gasteiger charge is -2.22. The number of nitrogens with zero attached hydrogens (tertiary/aromatic N) is 2. The Bertz CT molecular complexity index is 223. The third-order valence-electron chi connectivity index (χ3n) is 2.18. The molecule has 86 valence electrons. The molecule has 4 heteroatoms. The van der Waals surface area contributed by atoms with E-state index in [1.54, 1.807) is 11.8 Å². The van der Waals surface area contributed by atoms with E-state index in [1.165, 1.54) is 0 Å². The summed E-state index contributed by atoms with van der Waals surface area (Å²) in [5.74, 6) is -0.0666. The van der Waals surface area contributed by atoms with E-state index in [0.29, 0.717) is 19.5 Å². The number of unbranched alkanes of at least 4 members (excludes halogenated alkanes) is 2. The SMILES string of the molecule is CCCCCN(CCC#N)C(=O)C(C)Cl. The van der Waals surface area contributed by atoms with Crippen molar-refractivity contribution < 1.29 is 4.79 Å². The van der Waals surface area contributed by atoms with E-state index in [9.17, 15) is 4.79 Å². The Morgan fingerprint density at radius 3 is 2.60 bits per heavy atom. The van der Waals surface area contributed by atoms with Crippen LogP contribution in [0.5, 0.6) is 0 Å². The summed E-state index contributed by atoms with van der Waals surface area (Å²) < 4.78 is 0.